The SMILES string of the molecule is COC(=O)C1=C(CBr)NC(C)=C(C#N)C1c1ccccc1C(F)(F)F. The van der Waals surface area contributed by atoms with Crippen LogP contribution in [0.4, 0.5) is 13.2 Å². The summed E-state index contributed by atoms with van der Waals surface area (Å²) in [5, 5.41) is 12.6. The molecule has 1 aromatic rings. The van der Waals surface area contributed by atoms with Gasteiger partial charge in [0.15, 0.2) is 0 Å². The van der Waals surface area contributed by atoms with Crippen molar-refractivity contribution in [2.24, 2.45) is 0 Å². The van der Waals surface area contributed by atoms with Crippen LogP contribution in [-0.4, -0.2) is 18.4 Å². The Hall–Kier alpha value is -2.27. The molecule has 1 aliphatic rings. The van der Waals surface area contributed by atoms with Gasteiger partial charge in [0.1, 0.15) is 0 Å². The summed E-state index contributed by atoms with van der Waals surface area (Å²) in [5.41, 5.74) is -0.263. The molecule has 0 saturated heterocycles. The van der Waals surface area contributed by atoms with E-state index >= 15 is 0 Å². The van der Waals surface area contributed by atoms with E-state index in [4.69, 9.17) is 4.74 Å². The predicted octanol–water partition coefficient (Wildman–Crippen LogP) is 4.01. The minimum absolute atomic E-state index is 0.0155. The van der Waals surface area contributed by atoms with E-state index in [0.29, 0.717) is 11.4 Å². The highest BCUT2D eigenvalue weighted by Crippen LogP contribution is 2.43. The third-order valence-corrected chi connectivity index (χ3v) is 4.44. The molecule has 1 aliphatic heterocycles. The third-order valence-electron chi connectivity index (χ3n) is 3.88. The van der Waals surface area contributed by atoms with Gasteiger partial charge in [0.05, 0.1) is 35.8 Å². The number of allylic oxidation sites excluding steroid dienone is 3. The molecule has 1 aromatic carbocycles. The second-order valence-electron chi connectivity index (χ2n) is 5.31. The van der Waals surface area contributed by atoms with Gasteiger partial charge in [-0.3, -0.25) is 0 Å². The van der Waals surface area contributed by atoms with Crippen molar-refractivity contribution in [2.75, 3.05) is 12.4 Å². The van der Waals surface area contributed by atoms with Gasteiger partial charge in [-0.25, -0.2) is 4.79 Å². The number of hydrogen-bond acceptors (Lipinski definition) is 4. The lowest BCUT2D eigenvalue weighted by Crippen LogP contribution is -2.31. The van der Waals surface area contributed by atoms with Crippen molar-refractivity contribution in [3.8, 4) is 6.07 Å². The van der Waals surface area contributed by atoms with Crippen LogP contribution in [0.25, 0.3) is 0 Å². The Bertz CT molecular complexity index is 807. The highest BCUT2D eigenvalue weighted by Gasteiger charge is 2.41. The van der Waals surface area contributed by atoms with E-state index in [1.165, 1.54) is 18.2 Å². The van der Waals surface area contributed by atoms with Crippen LogP contribution in [0.1, 0.15) is 24.0 Å². The van der Waals surface area contributed by atoms with E-state index < -0.39 is 23.6 Å². The molecule has 0 radical (unpaired) electrons. The summed E-state index contributed by atoms with van der Waals surface area (Å²) in [6.07, 6.45) is -4.62. The summed E-state index contributed by atoms with van der Waals surface area (Å²) in [5.74, 6) is -1.95. The number of carbonyl (C=O) groups is 1. The molecule has 0 spiro atoms. The number of rotatable bonds is 3. The molecule has 8 heteroatoms. The fraction of sp³-hybridized carbons (Fsp3) is 0.294. The minimum atomic E-state index is -4.62. The lowest BCUT2D eigenvalue weighted by Gasteiger charge is -2.30. The molecule has 0 saturated carbocycles. The van der Waals surface area contributed by atoms with Gasteiger partial charge in [-0.1, -0.05) is 34.1 Å². The molecule has 1 unspecified atom stereocenters. The molecule has 0 amide bonds. The number of alkyl halides is 4. The first-order chi connectivity index (χ1) is 11.8. The number of halogens is 4. The topological polar surface area (TPSA) is 62.1 Å². The molecule has 1 N–H and O–H groups in total. The number of nitrogens with one attached hydrogen (secondary N) is 1. The fourth-order valence-corrected chi connectivity index (χ4v) is 3.26. The van der Waals surface area contributed by atoms with Gasteiger partial charge in [-0.2, -0.15) is 18.4 Å². The maximum atomic E-state index is 13.5. The van der Waals surface area contributed by atoms with E-state index in [2.05, 4.69) is 21.2 Å². The Balaban J connectivity index is 2.82. The zero-order valence-corrected chi connectivity index (χ0v) is 15.0. The summed E-state index contributed by atoms with van der Waals surface area (Å²) in [6, 6.07) is 6.85. The zero-order valence-electron chi connectivity index (χ0n) is 13.4. The summed E-state index contributed by atoms with van der Waals surface area (Å²) in [6.45, 7) is 1.58. The van der Waals surface area contributed by atoms with Gasteiger partial charge in [0.25, 0.3) is 0 Å². The maximum Gasteiger partial charge on any atom is 0.416 e. The van der Waals surface area contributed by atoms with Gasteiger partial charge in [-0.15, -0.1) is 0 Å². The molecule has 0 aromatic heterocycles. The molecule has 132 valence electrons. The highest BCUT2D eigenvalue weighted by atomic mass is 79.9. The van der Waals surface area contributed by atoms with Gasteiger partial charge in [-0.05, 0) is 18.6 Å². The first kappa shape index (κ1) is 19.1. The molecule has 1 heterocycles. The molecule has 4 nitrogen and oxygen atoms in total. The quantitative estimate of drug-likeness (QED) is 0.599. The average Bonchev–Trinajstić information content (AvgIpc) is 2.59. The van der Waals surface area contributed by atoms with E-state index in [0.717, 1.165) is 13.2 Å². The molecular formula is C17H14BrF3N2O2. The summed E-state index contributed by atoms with van der Waals surface area (Å²) >= 11 is 3.22. The number of esters is 1. The van der Waals surface area contributed by atoms with Gasteiger partial charge < -0.3 is 10.1 Å². The van der Waals surface area contributed by atoms with Crippen LogP contribution in [0.5, 0.6) is 0 Å². The van der Waals surface area contributed by atoms with Gasteiger partial charge in [0, 0.05) is 16.7 Å². The lowest BCUT2D eigenvalue weighted by atomic mass is 9.79. The van der Waals surface area contributed by atoms with Crippen LogP contribution >= 0.6 is 15.9 Å². The highest BCUT2D eigenvalue weighted by molar-refractivity contribution is 9.09. The van der Waals surface area contributed by atoms with Crippen molar-refractivity contribution in [1.82, 2.24) is 5.32 Å². The van der Waals surface area contributed by atoms with Crippen molar-refractivity contribution in [1.29, 1.82) is 5.26 Å². The summed E-state index contributed by atoms with van der Waals surface area (Å²) in [7, 11) is 1.14. The molecular weight excluding hydrogens is 401 g/mol. The lowest BCUT2D eigenvalue weighted by molar-refractivity contribution is -0.139. The zero-order chi connectivity index (χ0) is 18.8. The average molecular weight is 415 g/mol. The van der Waals surface area contributed by atoms with E-state index in [1.54, 1.807) is 6.92 Å². The van der Waals surface area contributed by atoms with Crippen LogP contribution in [0.2, 0.25) is 0 Å². The largest absolute Gasteiger partial charge is 0.466 e. The van der Waals surface area contributed by atoms with Crippen molar-refractivity contribution < 1.29 is 22.7 Å². The van der Waals surface area contributed by atoms with E-state index in [-0.39, 0.29) is 22.0 Å². The first-order valence-corrected chi connectivity index (χ1v) is 8.29. The molecule has 25 heavy (non-hydrogen) atoms. The molecule has 0 fully saturated rings. The smallest absolute Gasteiger partial charge is 0.416 e. The van der Waals surface area contributed by atoms with Crippen molar-refractivity contribution in [2.45, 2.75) is 19.0 Å². The summed E-state index contributed by atoms with van der Waals surface area (Å²) < 4.78 is 45.1. The number of methoxy groups -OCH3 is 1. The van der Waals surface area contributed by atoms with Crippen molar-refractivity contribution in [3.63, 3.8) is 0 Å². The van der Waals surface area contributed by atoms with Gasteiger partial charge in [0.2, 0.25) is 0 Å². The summed E-state index contributed by atoms with van der Waals surface area (Å²) in [4.78, 5) is 12.3. The number of nitriles is 1. The predicted molar refractivity (Wildman–Crippen MR) is 88.5 cm³/mol. The molecule has 2 rings (SSSR count). The standard InChI is InChI=1S/C17H14BrF3N2O2/c1-9-11(8-22)14(15(16(24)25-2)13(7-18)23-9)10-5-3-4-6-12(10)17(19,20)21/h3-6,14,23H,7H2,1-2H3. The van der Waals surface area contributed by atoms with Crippen molar-refractivity contribution >= 4 is 21.9 Å². The Labute approximate surface area is 151 Å². The minimum Gasteiger partial charge on any atom is -0.466 e. The monoisotopic (exact) mass is 414 g/mol. The first-order valence-electron chi connectivity index (χ1n) is 7.17. The Kier molecular flexibility index (Phi) is 5.58. The third kappa shape index (κ3) is 3.56. The normalized spacial score (nSPS) is 17.9. The molecule has 0 bridgehead atoms. The number of benzene rings is 1. The van der Waals surface area contributed by atoms with Crippen LogP contribution in [0.3, 0.4) is 0 Å². The number of hydrogen-bond donors (Lipinski definition) is 1. The maximum absolute atomic E-state index is 13.5. The van der Waals surface area contributed by atoms with Crippen LogP contribution < -0.4 is 5.32 Å². The number of dihydropyridines is 1. The van der Waals surface area contributed by atoms with Crippen molar-refractivity contribution in [3.05, 3.63) is 57.9 Å². The van der Waals surface area contributed by atoms with Crippen LogP contribution in [-0.2, 0) is 15.7 Å². The number of ether oxygens (including phenoxy) is 1. The second-order valence-corrected chi connectivity index (χ2v) is 5.87. The Morgan fingerprint density at radius 2 is 2.04 bits per heavy atom. The Morgan fingerprint density at radius 1 is 1.40 bits per heavy atom. The van der Waals surface area contributed by atoms with Gasteiger partial charge >= 0.3 is 12.1 Å². The molecule has 1 atom stereocenters. The van der Waals surface area contributed by atoms with Crippen LogP contribution in [0, 0.1) is 11.3 Å². The molecule has 0 aliphatic carbocycles. The number of nitrogens with zero attached hydrogens (tertiary/aromatic N) is 1. The van der Waals surface area contributed by atoms with E-state index in [9.17, 15) is 23.2 Å². The van der Waals surface area contributed by atoms with E-state index in [1.807, 2.05) is 6.07 Å². The Morgan fingerprint density at radius 3 is 2.56 bits per heavy atom. The van der Waals surface area contributed by atoms with Crippen LogP contribution in [0.15, 0.2) is 46.8 Å². The fourth-order valence-electron chi connectivity index (χ4n) is 2.82. The second kappa shape index (κ2) is 7.31. The number of carbonyl (C=O) groups excluding carboxylic acids is 1.